The van der Waals surface area contributed by atoms with E-state index in [2.05, 4.69) is 5.32 Å². The average molecular weight is 429 g/mol. The molecular weight excluding hydrogens is 408 g/mol. The number of phenols is 1. The van der Waals surface area contributed by atoms with Gasteiger partial charge in [0.15, 0.2) is 0 Å². The molecule has 2 aromatic carbocycles. The van der Waals surface area contributed by atoms with E-state index < -0.39 is 15.9 Å². The van der Waals surface area contributed by atoms with Crippen LogP contribution < -0.4 is 5.32 Å². The van der Waals surface area contributed by atoms with Crippen LogP contribution in [0, 0.1) is 0 Å². The lowest BCUT2D eigenvalue weighted by atomic mass is 10.1. The smallest absolute Gasteiger partial charge is 0.266 e. The summed E-state index contributed by atoms with van der Waals surface area (Å²) in [6.07, 6.45) is 1.67. The number of nitrogens with zero attached hydrogens (tertiary/aromatic N) is 1. The molecule has 1 aromatic heterocycles. The zero-order valence-electron chi connectivity index (χ0n) is 15.5. The lowest BCUT2D eigenvalue weighted by molar-refractivity contribution is 0.103. The first kappa shape index (κ1) is 19.6. The highest BCUT2D eigenvalue weighted by atomic mass is 32.2. The molecule has 150 valence electrons. The zero-order chi connectivity index (χ0) is 20.4. The summed E-state index contributed by atoms with van der Waals surface area (Å²) in [6, 6.07) is 15.4. The molecule has 1 amide bonds. The fraction of sp³-hybridized carbons (Fsp3) is 0.190. The Kier molecular flexibility index (Phi) is 5.40. The molecule has 8 heteroatoms. The zero-order valence-corrected chi connectivity index (χ0v) is 17.2. The molecule has 3 aromatic rings. The third-order valence-corrected chi connectivity index (χ3v) is 7.68. The van der Waals surface area contributed by atoms with E-state index in [9.17, 15) is 18.3 Å². The van der Waals surface area contributed by atoms with Crippen LogP contribution in [0.3, 0.4) is 0 Å². The maximum atomic E-state index is 12.9. The van der Waals surface area contributed by atoms with Crippen LogP contribution in [-0.4, -0.2) is 36.8 Å². The minimum atomic E-state index is -3.65. The van der Waals surface area contributed by atoms with Crippen LogP contribution >= 0.6 is 11.3 Å². The van der Waals surface area contributed by atoms with E-state index in [4.69, 9.17) is 0 Å². The fourth-order valence-corrected chi connectivity index (χ4v) is 5.72. The van der Waals surface area contributed by atoms with Crippen LogP contribution in [-0.2, 0) is 10.0 Å². The molecule has 4 rings (SSSR count). The highest BCUT2D eigenvalue weighted by Crippen LogP contribution is 2.32. The second-order valence-electron chi connectivity index (χ2n) is 6.77. The number of benzene rings is 2. The molecule has 6 nitrogen and oxygen atoms in total. The van der Waals surface area contributed by atoms with Gasteiger partial charge in [-0.2, -0.15) is 4.31 Å². The van der Waals surface area contributed by atoms with Gasteiger partial charge in [0.25, 0.3) is 5.91 Å². The molecule has 2 heterocycles. The van der Waals surface area contributed by atoms with Gasteiger partial charge < -0.3 is 10.4 Å². The number of nitrogens with one attached hydrogen (secondary N) is 1. The molecule has 2 N–H and O–H groups in total. The number of hydrogen-bond donors (Lipinski definition) is 2. The van der Waals surface area contributed by atoms with Gasteiger partial charge in [-0.05, 0) is 48.1 Å². The highest BCUT2D eigenvalue weighted by molar-refractivity contribution is 7.89. The van der Waals surface area contributed by atoms with Crippen molar-refractivity contribution in [3.05, 3.63) is 64.9 Å². The molecule has 0 bridgehead atoms. The van der Waals surface area contributed by atoms with Crippen LogP contribution in [0.1, 0.15) is 22.5 Å². The summed E-state index contributed by atoms with van der Waals surface area (Å²) in [6.45, 7) is 0.973. The van der Waals surface area contributed by atoms with Crippen molar-refractivity contribution in [1.82, 2.24) is 4.31 Å². The fourth-order valence-electron chi connectivity index (χ4n) is 3.36. The summed E-state index contributed by atoms with van der Waals surface area (Å²) < 4.78 is 27.0. The molecule has 0 unspecified atom stereocenters. The Bertz CT molecular complexity index is 1130. The number of phenolic OH excluding ortho intramolecular Hbond substituents is 1. The number of thiophene rings is 1. The van der Waals surface area contributed by atoms with Gasteiger partial charge in [0, 0.05) is 18.7 Å². The number of carbonyl (C=O) groups is 1. The SMILES string of the molecule is O=C(Nc1cc(S(=O)(=O)N2CCCC2)ccc1O)c1sccc1-c1ccccc1. The number of hydrogen-bond acceptors (Lipinski definition) is 5. The van der Waals surface area contributed by atoms with E-state index in [-0.39, 0.29) is 16.3 Å². The Morgan fingerprint density at radius 1 is 1.03 bits per heavy atom. The van der Waals surface area contributed by atoms with Crippen LogP contribution in [0.2, 0.25) is 0 Å². The molecule has 0 saturated carbocycles. The second kappa shape index (κ2) is 7.98. The summed E-state index contributed by atoms with van der Waals surface area (Å²) in [5.74, 6) is -0.582. The molecule has 1 aliphatic rings. The summed E-state index contributed by atoms with van der Waals surface area (Å²) in [7, 11) is -3.65. The van der Waals surface area contributed by atoms with Crippen LogP contribution in [0.5, 0.6) is 5.75 Å². The van der Waals surface area contributed by atoms with Gasteiger partial charge >= 0.3 is 0 Å². The van der Waals surface area contributed by atoms with Gasteiger partial charge in [-0.15, -0.1) is 11.3 Å². The predicted octanol–water partition coefficient (Wildman–Crippen LogP) is 4.16. The maximum Gasteiger partial charge on any atom is 0.266 e. The van der Waals surface area contributed by atoms with Crippen molar-refractivity contribution in [2.75, 3.05) is 18.4 Å². The number of carbonyl (C=O) groups excluding carboxylic acids is 1. The molecule has 0 radical (unpaired) electrons. The summed E-state index contributed by atoms with van der Waals surface area (Å²) in [5.41, 5.74) is 1.77. The first-order valence-electron chi connectivity index (χ1n) is 9.24. The van der Waals surface area contributed by atoms with E-state index >= 15 is 0 Å². The van der Waals surface area contributed by atoms with Crippen molar-refractivity contribution in [3.63, 3.8) is 0 Å². The molecule has 1 fully saturated rings. The maximum absolute atomic E-state index is 12.9. The van der Waals surface area contributed by atoms with Crippen LogP contribution in [0.25, 0.3) is 11.1 Å². The largest absolute Gasteiger partial charge is 0.506 e. The Morgan fingerprint density at radius 3 is 2.48 bits per heavy atom. The number of amides is 1. The van der Waals surface area contributed by atoms with Gasteiger partial charge in [0.2, 0.25) is 10.0 Å². The Labute approximate surface area is 173 Å². The Hall–Kier alpha value is -2.68. The minimum Gasteiger partial charge on any atom is -0.506 e. The lowest BCUT2D eigenvalue weighted by Gasteiger charge is -2.16. The van der Waals surface area contributed by atoms with Crippen molar-refractivity contribution in [1.29, 1.82) is 0 Å². The summed E-state index contributed by atoms with van der Waals surface area (Å²) in [5, 5.41) is 14.7. The molecule has 0 atom stereocenters. The standard InChI is InChI=1S/C21H20N2O4S2/c24-19-9-8-16(29(26,27)23-11-4-5-12-23)14-18(19)22-21(25)20-17(10-13-28-20)15-6-2-1-3-7-15/h1-3,6-10,13-14,24H,4-5,11-12H2,(H,22,25). The number of aromatic hydroxyl groups is 1. The van der Waals surface area contributed by atoms with Crippen molar-refractivity contribution in [2.24, 2.45) is 0 Å². The van der Waals surface area contributed by atoms with E-state index in [0.717, 1.165) is 24.0 Å². The van der Waals surface area contributed by atoms with Gasteiger partial charge in [0.05, 0.1) is 15.5 Å². The third kappa shape index (κ3) is 3.91. The van der Waals surface area contributed by atoms with E-state index in [0.29, 0.717) is 18.0 Å². The number of rotatable bonds is 5. The first-order valence-corrected chi connectivity index (χ1v) is 11.6. The van der Waals surface area contributed by atoms with Gasteiger partial charge in [-0.25, -0.2) is 8.42 Å². The average Bonchev–Trinajstić information content (AvgIpc) is 3.42. The van der Waals surface area contributed by atoms with E-state index in [1.54, 1.807) is 0 Å². The van der Waals surface area contributed by atoms with Gasteiger partial charge in [-0.1, -0.05) is 30.3 Å². The monoisotopic (exact) mass is 428 g/mol. The second-order valence-corrected chi connectivity index (χ2v) is 9.63. The molecule has 0 aliphatic carbocycles. The van der Waals surface area contributed by atoms with Gasteiger partial charge in [0.1, 0.15) is 5.75 Å². The van der Waals surface area contributed by atoms with Crippen LogP contribution in [0.15, 0.2) is 64.9 Å². The first-order chi connectivity index (χ1) is 14.0. The Balaban J connectivity index is 1.62. The van der Waals surface area contributed by atoms with E-state index in [1.165, 1.54) is 33.8 Å². The van der Waals surface area contributed by atoms with Crippen molar-refractivity contribution in [2.45, 2.75) is 17.7 Å². The molecular formula is C21H20N2O4S2. The quantitative estimate of drug-likeness (QED) is 0.598. The summed E-state index contributed by atoms with van der Waals surface area (Å²) >= 11 is 1.29. The molecule has 0 spiro atoms. The summed E-state index contributed by atoms with van der Waals surface area (Å²) in [4.78, 5) is 13.4. The molecule has 1 aliphatic heterocycles. The minimum absolute atomic E-state index is 0.0574. The molecule has 29 heavy (non-hydrogen) atoms. The molecule has 1 saturated heterocycles. The van der Waals surface area contributed by atoms with E-state index in [1.807, 2.05) is 41.8 Å². The van der Waals surface area contributed by atoms with Crippen molar-refractivity contribution < 1.29 is 18.3 Å². The van der Waals surface area contributed by atoms with Gasteiger partial charge in [-0.3, -0.25) is 4.79 Å². The van der Waals surface area contributed by atoms with Crippen LogP contribution in [0.4, 0.5) is 5.69 Å². The van der Waals surface area contributed by atoms with Crippen molar-refractivity contribution in [3.8, 4) is 16.9 Å². The van der Waals surface area contributed by atoms with Crippen molar-refractivity contribution >= 4 is 33.0 Å². The topological polar surface area (TPSA) is 86.7 Å². The Morgan fingerprint density at radius 2 is 1.76 bits per heavy atom. The number of anilines is 1. The normalized spacial score (nSPS) is 14.8. The third-order valence-electron chi connectivity index (χ3n) is 4.88. The number of sulfonamides is 1. The lowest BCUT2D eigenvalue weighted by Crippen LogP contribution is -2.27. The highest BCUT2D eigenvalue weighted by Gasteiger charge is 2.28. The predicted molar refractivity (Wildman–Crippen MR) is 114 cm³/mol.